The molecule has 0 bridgehead atoms. The van der Waals surface area contributed by atoms with Gasteiger partial charge in [0.25, 0.3) is 0 Å². The Morgan fingerprint density at radius 3 is 2.90 bits per heavy atom. The number of nitrogens with one attached hydrogen (secondary N) is 2. The van der Waals surface area contributed by atoms with Crippen LogP contribution in [0, 0.1) is 18.3 Å². The van der Waals surface area contributed by atoms with E-state index in [0.29, 0.717) is 12.5 Å². The molecule has 5 nitrogen and oxygen atoms in total. The van der Waals surface area contributed by atoms with Crippen molar-refractivity contribution in [3.05, 3.63) is 17.5 Å². The molecule has 1 saturated heterocycles. The highest BCUT2D eigenvalue weighted by Crippen LogP contribution is 2.32. The fraction of sp³-hybridized carbons (Fsp3) is 0.733. The maximum absolute atomic E-state index is 12.5. The van der Waals surface area contributed by atoms with E-state index in [-0.39, 0.29) is 11.3 Å². The number of rotatable bonds is 4. The molecule has 1 aromatic rings. The summed E-state index contributed by atoms with van der Waals surface area (Å²) in [7, 11) is 1.90. The van der Waals surface area contributed by atoms with Crippen LogP contribution in [0.25, 0.3) is 0 Å². The fourth-order valence-electron chi connectivity index (χ4n) is 2.88. The summed E-state index contributed by atoms with van der Waals surface area (Å²) in [6.07, 6.45) is 4.24. The minimum absolute atomic E-state index is 0.134. The normalized spacial score (nSPS) is 19.9. The molecule has 1 fully saturated rings. The molecule has 1 atom stereocenters. The highest BCUT2D eigenvalue weighted by atomic mass is 16.2. The van der Waals surface area contributed by atoms with Gasteiger partial charge < -0.3 is 10.6 Å². The van der Waals surface area contributed by atoms with Gasteiger partial charge in [-0.2, -0.15) is 5.10 Å². The number of piperidine rings is 1. The topological polar surface area (TPSA) is 59.0 Å². The van der Waals surface area contributed by atoms with Gasteiger partial charge in [0.2, 0.25) is 5.91 Å². The number of aromatic nitrogens is 2. The number of carbonyl (C=O) groups excluding carboxylic acids is 1. The van der Waals surface area contributed by atoms with E-state index in [1.807, 2.05) is 20.2 Å². The van der Waals surface area contributed by atoms with Crippen LogP contribution in [0.1, 0.15) is 37.9 Å². The lowest BCUT2D eigenvalue weighted by Crippen LogP contribution is -2.47. The molecule has 2 N–H and O–H groups in total. The van der Waals surface area contributed by atoms with Crippen LogP contribution < -0.4 is 10.6 Å². The van der Waals surface area contributed by atoms with Crippen molar-refractivity contribution in [3.8, 4) is 0 Å². The molecule has 0 aliphatic carbocycles. The van der Waals surface area contributed by atoms with Gasteiger partial charge in [-0.15, -0.1) is 0 Å². The van der Waals surface area contributed by atoms with Crippen molar-refractivity contribution in [3.63, 3.8) is 0 Å². The van der Waals surface area contributed by atoms with Gasteiger partial charge >= 0.3 is 0 Å². The molecule has 0 radical (unpaired) electrons. The first-order chi connectivity index (χ1) is 9.41. The maximum Gasteiger partial charge on any atom is 0.226 e. The number of amides is 1. The van der Waals surface area contributed by atoms with E-state index in [2.05, 4.69) is 29.6 Å². The van der Waals surface area contributed by atoms with Crippen molar-refractivity contribution in [2.24, 2.45) is 18.4 Å². The number of nitrogens with zero attached hydrogens (tertiary/aromatic N) is 2. The summed E-state index contributed by atoms with van der Waals surface area (Å²) in [6.45, 7) is 8.64. The van der Waals surface area contributed by atoms with Crippen LogP contribution >= 0.6 is 0 Å². The van der Waals surface area contributed by atoms with Crippen LogP contribution in [0.3, 0.4) is 0 Å². The Morgan fingerprint density at radius 2 is 2.35 bits per heavy atom. The Kier molecular flexibility index (Phi) is 4.48. The van der Waals surface area contributed by atoms with E-state index in [9.17, 15) is 4.79 Å². The van der Waals surface area contributed by atoms with Crippen LogP contribution in [0.5, 0.6) is 0 Å². The highest BCUT2D eigenvalue weighted by Gasteiger charge is 2.37. The maximum atomic E-state index is 12.5. The second-order valence-corrected chi connectivity index (χ2v) is 6.36. The molecule has 0 saturated carbocycles. The first-order valence-electron chi connectivity index (χ1n) is 7.39. The Labute approximate surface area is 121 Å². The van der Waals surface area contributed by atoms with E-state index in [1.54, 1.807) is 4.68 Å². The Morgan fingerprint density at radius 1 is 1.60 bits per heavy atom. The van der Waals surface area contributed by atoms with Gasteiger partial charge in [-0.05, 0) is 38.8 Å². The van der Waals surface area contributed by atoms with Crippen molar-refractivity contribution >= 4 is 5.91 Å². The molecule has 1 unspecified atom stereocenters. The monoisotopic (exact) mass is 278 g/mol. The zero-order chi connectivity index (χ0) is 14.8. The minimum atomic E-state index is -0.330. The summed E-state index contributed by atoms with van der Waals surface area (Å²) in [5.74, 6) is 0.542. The molecule has 1 aliphatic heterocycles. The second-order valence-electron chi connectivity index (χ2n) is 6.36. The van der Waals surface area contributed by atoms with Crippen LogP contribution in [0.15, 0.2) is 6.20 Å². The largest absolute Gasteiger partial charge is 0.351 e. The van der Waals surface area contributed by atoms with Crippen molar-refractivity contribution in [2.45, 2.75) is 40.2 Å². The molecule has 2 rings (SSSR count). The summed E-state index contributed by atoms with van der Waals surface area (Å²) in [4.78, 5) is 12.5. The highest BCUT2D eigenvalue weighted by molar-refractivity contribution is 5.82. The summed E-state index contributed by atoms with van der Waals surface area (Å²) in [6, 6.07) is 0. The number of hydrogen-bond acceptors (Lipinski definition) is 3. The first-order valence-corrected chi connectivity index (χ1v) is 7.39. The fourth-order valence-corrected chi connectivity index (χ4v) is 2.88. The zero-order valence-electron chi connectivity index (χ0n) is 13.0. The molecular weight excluding hydrogens is 252 g/mol. The lowest BCUT2D eigenvalue weighted by molar-refractivity contribution is -0.132. The SMILES string of the molecule is Cc1nn(C)cc1CNC(=O)C(C)(C)C1CCCNC1. The standard InChI is InChI=1S/C15H26N4O/c1-11-12(10-19(4)18-11)8-17-14(20)15(2,3)13-6-5-7-16-9-13/h10,13,16H,5-9H2,1-4H3,(H,17,20). The van der Waals surface area contributed by atoms with Crippen molar-refractivity contribution in [2.75, 3.05) is 13.1 Å². The van der Waals surface area contributed by atoms with Gasteiger partial charge in [0.1, 0.15) is 0 Å². The van der Waals surface area contributed by atoms with Gasteiger partial charge in [-0.3, -0.25) is 9.48 Å². The quantitative estimate of drug-likeness (QED) is 0.874. The second kappa shape index (κ2) is 5.95. The average Bonchev–Trinajstić information content (AvgIpc) is 2.75. The van der Waals surface area contributed by atoms with Gasteiger partial charge in [0.15, 0.2) is 0 Å². The molecule has 5 heteroatoms. The lowest BCUT2D eigenvalue weighted by Gasteiger charge is -2.36. The number of hydrogen-bond donors (Lipinski definition) is 2. The predicted molar refractivity (Wildman–Crippen MR) is 79.2 cm³/mol. The number of carbonyl (C=O) groups is 1. The molecule has 2 heterocycles. The Balaban J connectivity index is 1.94. The van der Waals surface area contributed by atoms with E-state index in [1.165, 1.54) is 0 Å². The van der Waals surface area contributed by atoms with Gasteiger partial charge in [-0.25, -0.2) is 0 Å². The Bertz CT molecular complexity index is 472. The molecule has 0 aromatic carbocycles. The molecule has 1 aromatic heterocycles. The van der Waals surface area contributed by atoms with Crippen molar-refractivity contribution in [1.29, 1.82) is 0 Å². The van der Waals surface area contributed by atoms with Crippen molar-refractivity contribution in [1.82, 2.24) is 20.4 Å². The molecule has 1 aliphatic rings. The van der Waals surface area contributed by atoms with Crippen LogP contribution in [-0.4, -0.2) is 28.8 Å². The summed E-state index contributed by atoms with van der Waals surface area (Å²) >= 11 is 0. The third kappa shape index (κ3) is 3.20. The zero-order valence-corrected chi connectivity index (χ0v) is 13.0. The Hall–Kier alpha value is -1.36. The van der Waals surface area contributed by atoms with Gasteiger partial charge in [0, 0.05) is 30.8 Å². The smallest absolute Gasteiger partial charge is 0.226 e. The predicted octanol–water partition coefficient (Wildman–Crippen LogP) is 1.37. The molecular formula is C15H26N4O. The van der Waals surface area contributed by atoms with Gasteiger partial charge in [-0.1, -0.05) is 13.8 Å². The molecule has 1 amide bonds. The minimum Gasteiger partial charge on any atom is -0.351 e. The first kappa shape index (κ1) is 15.0. The average molecular weight is 278 g/mol. The van der Waals surface area contributed by atoms with Crippen LogP contribution in [0.2, 0.25) is 0 Å². The third-order valence-corrected chi connectivity index (χ3v) is 4.46. The molecule has 20 heavy (non-hydrogen) atoms. The van der Waals surface area contributed by atoms with Crippen molar-refractivity contribution < 1.29 is 4.79 Å². The summed E-state index contributed by atoms with van der Waals surface area (Å²) in [5, 5.41) is 10.8. The summed E-state index contributed by atoms with van der Waals surface area (Å²) < 4.78 is 1.78. The summed E-state index contributed by atoms with van der Waals surface area (Å²) in [5.41, 5.74) is 1.73. The third-order valence-electron chi connectivity index (χ3n) is 4.46. The van der Waals surface area contributed by atoms with E-state index in [4.69, 9.17) is 0 Å². The van der Waals surface area contributed by atoms with Gasteiger partial charge in [0.05, 0.1) is 5.69 Å². The number of aryl methyl sites for hydroxylation is 2. The van der Waals surface area contributed by atoms with Crippen LogP contribution in [0.4, 0.5) is 0 Å². The molecule has 112 valence electrons. The lowest BCUT2D eigenvalue weighted by atomic mass is 9.74. The van der Waals surface area contributed by atoms with E-state index >= 15 is 0 Å². The van der Waals surface area contributed by atoms with E-state index < -0.39 is 0 Å². The van der Waals surface area contributed by atoms with Crippen LogP contribution in [-0.2, 0) is 18.4 Å². The van der Waals surface area contributed by atoms with E-state index in [0.717, 1.165) is 37.2 Å². The molecule has 0 spiro atoms.